The lowest BCUT2D eigenvalue weighted by Gasteiger charge is -2.14. The van der Waals surface area contributed by atoms with E-state index in [-0.39, 0.29) is 35.8 Å². The number of aliphatic imine (C=N–C) groups is 1. The van der Waals surface area contributed by atoms with Crippen molar-refractivity contribution < 1.29 is 9.13 Å². The minimum atomic E-state index is -0.262. The Balaban J connectivity index is 0.00000400. The van der Waals surface area contributed by atoms with Crippen molar-refractivity contribution in [1.29, 1.82) is 0 Å². The van der Waals surface area contributed by atoms with E-state index in [2.05, 4.69) is 10.3 Å². The molecule has 1 atom stereocenters. The predicted molar refractivity (Wildman–Crippen MR) is 95.9 cm³/mol. The highest BCUT2D eigenvalue weighted by atomic mass is 127. The fourth-order valence-electron chi connectivity index (χ4n) is 1.78. The summed E-state index contributed by atoms with van der Waals surface area (Å²) in [6, 6.07) is 5.13. The van der Waals surface area contributed by atoms with Crippen LogP contribution in [0.25, 0.3) is 0 Å². The third-order valence-electron chi connectivity index (χ3n) is 2.74. The molecule has 1 aromatic carbocycles. The molecule has 0 radical (unpaired) electrons. The fourth-order valence-corrected chi connectivity index (χ4v) is 1.78. The first kappa shape index (κ1) is 19.9. The summed E-state index contributed by atoms with van der Waals surface area (Å²) in [6.07, 6.45) is 0. The van der Waals surface area contributed by atoms with Crippen LogP contribution < -0.4 is 16.0 Å². The van der Waals surface area contributed by atoms with Gasteiger partial charge in [0.05, 0.1) is 18.8 Å². The number of hydrogen-bond donors (Lipinski definition) is 2. The van der Waals surface area contributed by atoms with Gasteiger partial charge in [0.1, 0.15) is 5.82 Å². The molecule has 1 rings (SSSR count). The molecule has 1 aromatic rings. The van der Waals surface area contributed by atoms with Gasteiger partial charge in [-0.05, 0) is 24.6 Å². The summed E-state index contributed by atoms with van der Waals surface area (Å²) in [5.41, 5.74) is 7.08. The molecule has 0 spiro atoms. The first-order valence-corrected chi connectivity index (χ1v) is 6.45. The maximum Gasteiger partial charge on any atom is 0.189 e. The zero-order chi connectivity index (χ0) is 15.1. The van der Waals surface area contributed by atoms with Crippen LogP contribution in [0.1, 0.15) is 12.5 Å². The molecule has 0 saturated carbocycles. The van der Waals surface area contributed by atoms with E-state index in [4.69, 9.17) is 10.5 Å². The number of methoxy groups -OCH3 is 1. The largest absolute Gasteiger partial charge is 0.383 e. The van der Waals surface area contributed by atoms with Gasteiger partial charge in [0, 0.05) is 27.2 Å². The molecule has 21 heavy (non-hydrogen) atoms. The van der Waals surface area contributed by atoms with Gasteiger partial charge in [0.15, 0.2) is 5.96 Å². The second-order valence-corrected chi connectivity index (χ2v) is 4.88. The minimum absolute atomic E-state index is 0. The Bertz CT molecular complexity index is 468. The van der Waals surface area contributed by atoms with Crippen LogP contribution in [0, 0.1) is 5.82 Å². The molecule has 0 aliphatic carbocycles. The third kappa shape index (κ3) is 6.94. The molecule has 0 aromatic heterocycles. The Morgan fingerprint density at radius 1 is 1.48 bits per heavy atom. The normalized spacial score (nSPS) is 12.5. The Labute approximate surface area is 142 Å². The number of nitrogens with zero attached hydrogens (tertiary/aromatic N) is 2. The summed E-state index contributed by atoms with van der Waals surface area (Å²) in [5.74, 6) is 0.0635. The quantitative estimate of drug-likeness (QED) is 0.428. The Morgan fingerprint density at radius 2 is 2.14 bits per heavy atom. The molecule has 0 amide bonds. The summed E-state index contributed by atoms with van der Waals surface area (Å²) in [7, 11) is 5.23. The average molecular weight is 410 g/mol. The number of nitrogens with two attached hydrogens (primary N) is 1. The van der Waals surface area contributed by atoms with Gasteiger partial charge in [0.2, 0.25) is 0 Å². The van der Waals surface area contributed by atoms with Crippen LogP contribution >= 0.6 is 24.0 Å². The molecule has 0 aliphatic rings. The summed E-state index contributed by atoms with van der Waals surface area (Å²) >= 11 is 0. The highest BCUT2D eigenvalue weighted by Gasteiger charge is 2.05. The molecule has 0 fully saturated rings. The smallest absolute Gasteiger partial charge is 0.189 e. The lowest BCUT2D eigenvalue weighted by atomic mass is 10.2. The van der Waals surface area contributed by atoms with E-state index in [0.717, 1.165) is 5.56 Å². The number of rotatable bonds is 6. The van der Waals surface area contributed by atoms with E-state index >= 15 is 0 Å². The summed E-state index contributed by atoms with van der Waals surface area (Å²) in [5, 5.41) is 3.00. The van der Waals surface area contributed by atoms with E-state index in [1.54, 1.807) is 32.2 Å². The molecule has 5 nitrogen and oxygen atoms in total. The molecule has 0 saturated heterocycles. The van der Waals surface area contributed by atoms with Crippen LogP contribution in [0.5, 0.6) is 0 Å². The third-order valence-corrected chi connectivity index (χ3v) is 2.74. The summed E-state index contributed by atoms with van der Waals surface area (Å²) in [4.78, 5) is 5.91. The van der Waals surface area contributed by atoms with Gasteiger partial charge in [0.25, 0.3) is 0 Å². The first-order valence-electron chi connectivity index (χ1n) is 6.45. The number of nitrogens with one attached hydrogen (secondary N) is 1. The van der Waals surface area contributed by atoms with Crippen molar-refractivity contribution in [3.63, 3.8) is 0 Å². The van der Waals surface area contributed by atoms with Crippen molar-refractivity contribution in [2.75, 3.05) is 32.7 Å². The molecule has 0 aliphatic heterocycles. The van der Waals surface area contributed by atoms with E-state index in [1.807, 2.05) is 13.0 Å². The van der Waals surface area contributed by atoms with Gasteiger partial charge in [-0.15, -0.1) is 24.0 Å². The van der Waals surface area contributed by atoms with Gasteiger partial charge in [-0.25, -0.2) is 9.38 Å². The van der Waals surface area contributed by atoms with Crippen molar-refractivity contribution in [2.45, 2.75) is 19.5 Å². The highest BCUT2D eigenvalue weighted by Crippen LogP contribution is 2.18. The molecular formula is C14H24FIN4O. The van der Waals surface area contributed by atoms with Crippen LogP contribution in [0.4, 0.5) is 10.1 Å². The second-order valence-electron chi connectivity index (χ2n) is 4.88. The van der Waals surface area contributed by atoms with Gasteiger partial charge in [-0.3, -0.25) is 0 Å². The average Bonchev–Trinajstić information content (AvgIpc) is 2.36. The minimum Gasteiger partial charge on any atom is -0.383 e. The number of ether oxygens (including phenoxy) is 1. The predicted octanol–water partition coefficient (Wildman–Crippen LogP) is 1.95. The van der Waals surface area contributed by atoms with Crippen molar-refractivity contribution in [3.8, 4) is 0 Å². The van der Waals surface area contributed by atoms with E-state index in [1.165, 1.54) is 6.07 Å². The van der Waals surface area contributed by atoms with Gasteiger partial charge < -0.3 is 20.7 Å². The van der Waals surface area contributed by atoms with Crippen LogP contribution in [0.2, 0.25) is 0 Å². The lowest BCUT2D eigenvalue weighted by molar-refractivity contribution is 0.179. The number of halogens is 2. The summed E-state index contributed by atoms with van der Waals surface area (Å²) in [6.45, 7) is 2.82. The van der Waals surface area contributed by atoms with Gasteiger partial charge >= 0.3 is 0 Å². The number of benzene rings is 1. The first-order chi connectivity index (χ1) is 9.43. The maximum atomic E-state index is 13.8. The number of guanidine groups is 1. The van der Waals surface area contributed by atoms with E-state index in [9.17, 15) is 4.39 Å². The Morgan fingerprint density at radius 3 is 2.67 bits per heavy atom. The van der Waals surface area contributed by atoms with Crippen LogP contribution in [0.3, 0.4) is 0 Å². The molecule has 1 unspecified atom stereocenters. The van der Waals surface area contributed by atoms with Crippen molar-refractivity contribution in [2.24, 2.45) is 10.7 Å². The van der Waals surface area contributed by atoms with E-state index in [0.29, 0.717) is 24.8 Å². The fraction of sp³-hybridized carbons (Fsp3) is 0.500. The highest BCUT2D eigenvalue weighted by molar-refractivity contribution is 14.0. The van der Waals surface area contributed by atoms with Crippen LogP contribution in [-0.4, -0.2) is 39.8 Å². The second kappa shape index (κ2) is 9.78. The molecular weight excluding hydrogens is 386 g/mol. The van der Waals surface area contributed by atoms with Gasteiger partial charge in [-0.1, -0.05) is 6.07 Å². The lowest BCUT2D eigenvalue weighted by Crippen LogP contribution is -2.40. The van der Waals surface area contributed by atoms with Crippen LogP contribution in [-0.2, 0) is 11.3 Å². The van der Waals surface area contributed by atoms with E-state index < -0.39 is 0 Å². The standard InChI is InChI=1S/C14H23FN4O.HI/c1-10(9-20-4)18-14(16)17-8-11-5-6-13(19(2)3)12(15)7-11;/h5-7,10H,8-9H2,1-4H3,(H3,16,17,18);1H. The number of anilines is 1. The SMILES string of the molecule is COCC(C)NC(N)=NCc1ccc(N(C)C)c(F)c1.I. The van der Waals surface area contributed by atoms with Crippen molar-refractivity contribution >= 4 is 35.6 Å². The Kier molecular flexibility index (Phi) is 9.27. The van der Waals surface area contributed by atoms with Gasteiger partial charge in [-0.2, -0.15) is 0 Å². The van der Waals surface area contributed by atoms with Crippen LogP contribution in [0.15, 0.2) is 23.2 Å². The molecule has 0 heterocycles. The van der Waals surface area contributed by atoms with Crippen molar-refractivity contribution in [3.05, 3.63) is 29.6 Å². The molecule has 3 N–H and O–H groups in total. The summed E-state index contributed by atoms with van der Waals surface area (Å²) < 4.78 is 18.8. The maximum absolute atomic E-state index is 13.8. The topological polar surface area (TPSA) is 62.9 Å². The Hall–Kier alpha value is -1.09. The number of hydrogen-bond acceptors (Lipinski definition) is 3. The molecule has 7 heteroatoms. The zero-order valence-electron chi connectivity index (χ0n) is 12.9. The monoisotopic (exact) mass is 410 g/mol. The van der Waals surface area contributed by atoms with Crippen molar-refractivity contribution in [1.82, 2.24) is 5.32 Å². The molecule has 0 bridgehead atoms. The molecule has 120 valence electrons. The zero-order valence-corrected chi connectivity index (χ0v) is 15.2.